The van der Waals surface area contributed by atoms with Crippen LogP contribution in [0.1, 0.15) is 78.6 Å². The molecule has 3 aliphatic heterocycles. The number of hydrogen-bond acceptors (Lipinski definition) is 9. The number of nitrogens with zero attached hydrogens (tertiary/aromatic N) is 1. The summed E-state index contributed by atoms with van der Waals surface area (Å²) < 4.78 is 58.4. The number of carbonyl (C=O) groups is 1. The average Bonchev–Trinajstić information content (AvgIpc) is 3.24. The number of sulfonamides is 1. The van der Waals surface area contributed by atoms with Crippen LogP contribution in [0.2, 0.25) is 0 Å². The van der Waals surface area contributed by atoms with Crippen molar-refractivity contribution < 1.29 is 36.9 Å². The number of hydrogen-bond donors (Lipinski definition) is 1. The van der Waals surface area contributed by atoms with Crippen LogP contribution in [0.5, 0.6) is 0 Å². The normalized spacial score (nSPS) is 27.6. The van der Waals surface area contributed by atoms with E-state index >= 15 is 0 Å². The zero-order valence-corrected chi connectivity index (χ0v) is 24.9. The predicted octanol–water partition coefficient (Wildman–Crippen LogP) is 4.58. The van der Waals surface area contributed by atoms with Crippen molar-refractivity contribution in [2.45, 2.75) is 120 Å². The quantitative estimate of drug-likeness (QED) is 0.334. The fourth-order valence-electron chi connectivity index (χ4n) is 5.63. The number of benzene rings is 1. The monoisotopic (exact) mass is 582 g/mol. The molecule has 3 saturated heterocycles. The molecule has 0 unspecified atom stereocenters. The summed E-state index contributed by atoms with van der Waals surface area (Å²) in [5.41, 5.74) is 0. The lowest BCUT2D eigenvalue weighted by Crippen LogP contribution is -2.50. The Morgan fingerprint density at radius 1 is 1.05 bits per heavy atom. The summed E-state index contributed by atoms with van der Waals surface area (Å²) >= 11 is 0. The third-order valence-corrected chi connectivity index (χ3v) is 8.95. The second-order valence-electron chi connectivity index (χ2n) is 11.4. The van der Waals surface area contributed by atoms with Crippen molar-refractivity contribution in [1.29, 1.82) is 0 Å². The number of fused-ring (bicyclic) bond motifs is 1. The lowest BCUT2D eigenvalue weighted by atomic mass is 10.0. The van der Waals surface area contributed by atoms with Crippen molar-refractivity contribution in [2.24, 2.45) is 0 Å². The van der Waals surface area contributed by atoms with Gasteiger partial charge < -0.3 is 23.7 Å². The molecule has 0 spiro atoms. The molecule has 4 rings (SSSR count). The van der Waals surface area contributed by atoms with Crippen LogP contribution in [-0.4, -0.2) is 82.1 Å². The molecule has 1 aromatic rings. The van der Waals surface area contributed by atoms with Gasteiger partial charge in [0.1, 0.15) is 24.4 Å². The summed E-state index contributed by atoms with van der Waals surface area (Å²) in [5, 5.41) is 0. The van der Waals surface area contributed by atoms with Gasteiger partial charge in [-0.3, -0.25) is 4.90 Å². The number of ether oxygens (including phenoxy) is 5. The highest BCUT2D eigenvalue weighted by molar-refractivity contribution is 7.90. The first-order valence-corrected chi connectivity index (χ1v) is 16.3. The van der Waals surface area contributed by atoms with Crippen LogP contribution in [0.3, 0.4) is 0 Å². The molecule has 0 bridgehead atoms. The van der Waals surface area contributed by atoms with Crippen LogP contribution < -0.4 is 4.72 Å². The van der Waals surface area contributed by atoms with Gasteiger partial charge in [0.15, 0.2) is 12.1 Å². The SMILES string of the molecule is CCCCCCCO[C@@H]1[C@H]2OC(C)(C)O[C@H]2O[C@@H]1[C@@H](CN1CCCCCC1)OC(=O)NS(=O)(=O)c1ccccc1. The first-order valence-electron chi connectivity index (χ1n) is 14.8. The predicted molar refractivity (Wildman–Crippen MR) is 149 cm³/mol. The Balaban J connectivity index is 1.50. The number of carbonyl (C=O) groups excluding carboxylic acids is 1. The first-order chi connectivity index (χ1) is 19.2. The zero-order valence-electron chi connectivity index (χ0n) is 24.1. The molecule has 10 nitrogen and oxygen atoms in total. The summed E-state index contributed by atoms with van der Waals surface area (Å²) in [6.07, 6.45) is 5.67. The van der Waals surface area contributed by atoms with E-state index in [0.717, 1.165) is 58.0 Å². The molecule has 1 N–H and O–H groups in total. The van der Waals surface area contributed by atoms with Crippen LogP contribution in [0.15, 0.2) is 35.2 Å². The Bertz CT molecular complexity index is 1030. The van der Waals surface area contributed by atoms with Gasteiger partial charge in [0, 0.05) is 13.2 Å². The van der Waals surface area contributed by atoms with E-state index in [0.29, 0.717) is 13.2 Å². The standard InChI is InChI=1S/C29H46N2O8S/c1-4-5-6-9-15-20-35-25-24(37-27-26(25)38-29(2,3)39-27)23(21-31-18-13-7-8-14-19-31)36-28(32)30-40(33,34)22-16-11-10-12-17-22/h10-12,16-17,23-27H,4-9,13-15,18-21H2,1-3H3,(H,30,32)/t23-,24-,25+,26-,27-/m1/s1. The second kappa shape index (κ2) is 14.4. The smallest absolute Gasteiger partial charge is 0.421 e. The molecule has 3 heterocycles. The molecule has 0 aliphatic carbocycles. The van der Waals surface area contributed by atoms with Gasteiger partial charge in [-0.15, -0.1) is 0 Å². The number of unbranched alkanes of at least 4 members (excludes halogenated alkanes) is 4. The third kappa shape index (κ3) is 8.62. The van der Waals surface area contributed by atoms with Crippen LogP contribution >= 0.6 is 0 Å². The van der Waals surface area contributed by atoms with Gasteiger partial charge in [0.2, 0.25) is 0 Å². The van der Waals surface area contributed by atoms with Gasteiger partial charge >= 0.3 is 6.09 Å². The lowest BCUT2D eigenvalue weighted by molar-refractivity contribution is -0.230. The minimum Gasteiger partial charge on any atom is -0.441 e. The van der Waals surface area contributed by atoms with E-state index in [2.05, 4.69) is 16.5 Å². The number of likely N-dealkylation sites (tertiary alicyclic amines) is 1. The largest absolute Gasteiger partial charge is 0.441 e. The van der Waals surface area contributed by atoms with Gasteiger partial charge in [-0.25, -0.2) is 17.9 Å². The van der Waals surface area contributed by atoms with Gasteiger partial charge in [0.25, 0.3) is 10.0 Å². The Labute approximate surface area is 239 Å². The Hall–Kier alpha value is -1.76. The molecule has 0 aromatic heterocycles. The van der Waals surface area contributed by atoms with Crippen LogP contribution in [0, 0.1) is 0 Å². The third-order valence-electron chi connectivity index (χ3n) is 7.62. The number of rotatable bonds is 13. The maximum atomic E-state index is 13.0. The van der Waals surface area contributed by atoms with Crippen LogP contribution in [0.25, 0.3) is 0 Å². The summed E-state index contributed by atoms with van der Waals surface area (Å²) in [7, 11) is -4.10. The number of amides is 1. The van der Waals surface area contributed by atoms with Crippen molar-refractivity contribution >= 4 is 16.1 Å². The first kappa shape index (κ1) is 31.2. The van der Waals surface area contributed by atoms with Gasteiger partial charge in [0.05, 0.1) is 4.90 Å². The van der Waals surface area contributed by atoms with E-state index in [-0.39, 0.29) is 4.90 Å². The Kier molecular flexibility index (Phi) is 11.2. The van der Waals surface area contributed by atoms with Crippen LogP contribution in [0.4, 0.5) is 4.79 Å². The van der Waals surface area contributed by atoms with Crippen molar-refractivity contribution in [1.82, 2.24) is 9.62 Å². The molecule has 3 fully saturated rings. The second-order valence-corrected chi connectivity index (χ2v) is 13.1. The van der Waals surface area contributed by atoms with Crippen molar-refractivity contribution in [3.05, 3.63) is 30.3 Å². The topological polar surface area (TPSA) is 113 Å². The van der Waals surface area contributed by atoms with Crippen molar-refractivity contribution in [3.63, 3.8) is 0 Å². The highest BCUT2D eigenvalue weighted by Gasteiger charge is 2.58. The fraction of sp³-hybridized carbons (Fsp3) is 0.759. The molecular weight excluding hydrogens is 536 g/mol. The van der Waals surface area contributed by atoms with E-state index in [1.54, 1.807) is 18.2 Å². The van der Waals surface area contributed by atoms with Crippen molar-refractivity contribution in [3.8, 4) is 0 Å². The maximum Gasteiger partial charge on any atom is 0.421 e. The molecule has 5 atom stereocenters. The maximum absolute atomic E-state index is 13.0. The minimum atomic E-state index is -4.10. The summed E-state index contributed by atoms with van der Waals surface area (Å²) in [6, 6.07) is 7.74. The zero-order chi connectivity index (χ0) is 28.6. The minimum absolute atomic E-state index is 0.0176. The molecule has 1 aromatic carbocycles. The Morgan fingerprint density at radius 2 is 1.75 bits per heavy atom. The molecule has 1 amide bonds. The highest BCUT2D eigenvalue weighted by atomic mass is 32.2. The molecular formula is C29H46N2O8S. The number of nitrogens with one attached hydrogen (secondary N) is 1. The van der Waals surface area contributed by atoms with E-state index in [4.69, 9.17) is 23.7 Å². The van der Waals surface area contributed by atoms with E-state index in [1.807, 2.05) is 13.8 Å². The summed E-state index contributed by atoms with van der Waals surface area (Å²) in [6.45, 7) is 8.49. The van der Waals surface area contributed by atoms with Gasteiger partial charge in [-0.2, -0.15) is 0 Å². The van der Waals surface area contributed by atoms with Gasteiger partial charge in [-0.05, 0) is 58.3 Å². The van der Waals surface area contributed by atoms with E-state index in [9.17, 15) is 13.2 Å². The molecule has 40 heavy (non-hydrogen) atoms. The lowest BCUT2D eigenvalue weighted by Gasteiger charge is -2.33. The summed E-state index contributed by atoms with van der Waals surface area (Å²) in [4.78, 5) is 15.3. The summed E-state index contributed by atoms with van der Waals surface area (Å²) in [5.74, 6) is -0.828. The molecule has 0 saturated carbocycles. The molecule has 0 radical (unpaired) electrons. The molecule has 3 aliphatic rings. The molecule has 226 valence electrons. The average molecular weight is 583 g/mol. The molecule has 11 heteroatoms. The highest BCUT2D eigenvalue weighted by Crippen LogP contribution is 2.40. The Morgan fingerprint density at radius 3 is 2.45 bits per heavy atom. The fourth-order valence-corrected chi connectivity index (χ4v) is 6.53. The van der Waals surface area contributed by atoms with Gasteiger partial charge in [-0.1, -0.05) is 63.6 Å². The van der Waals surface area contributed by atoms with Crippen LogP contribution in [-0.2, 0) is 33.7 Å². The van der Waals surface area contributed by atoms with Crippen molar-refractivity contribution in [2.75, 3.05) is 26.2 Å². The van der Waals surface area contributed by atoms with E-state index < -0.39 is 52.6 Å². The van der Waals surface area contributed by atoms with E-state index in [1.165, 1.54) is 25.0 Å².